The molecule has 0 amide bonds. The predicted molar refractivity (Wildman–Crippen MR) is 123 cm³/mol. The normalized spacial score (nSPS) is 10.0. The van der Waals surface area contributed by atoms with Gasteiger partial charge in [0.15, 0.2) is 0 Å². The van der Waals surface area contributed by atoms with Gasteiger partial charge in [-0.15, -0.1) is 0 Å². The quantitative estimate of drug-likeness (QED) is 0.307. The molecular weight excluding hydrogens is 348 g/mol. The van der Waals surface area contributed by atoms with Crippen molar-refractivity contribution in [3.8, 4) is 23.7 Å². The Bertz CT molecular complexity index is 1300. The summed E-state index contributed by atoms with van der Waals surface area (Å²) in [6, 6.07) is 27.2. The van der Waals surface area contributed by atoms with Gasteiger partial charge in [0.25, 0.3) is 0 Å². The average Bonchev–Trinajstić information content (AvgIpc) is 2.74. The third-order valence-electron chi connectivity index (χ3n) is 5.02. The van der Waals surface area contributed by atoms with Crippen molar-refractivity contribution in [3.05, 3.63) is 118 Å². The highest BCUT2D eigenvalue weighted by atomic mass is 14.1. The first-order valence-electron chi connectivity index (χ1n) is 9.80. The van der Waals surface area contributed by atoms with Crippen LogP contribution in [0.25, 0.3) is 10.8 Å². The third kappa shape index (κ3) is 4.24. The third-order valence-corrected chi connectivity index (χ3v) is 5.02. The highest BCUT2D eigenvalue weighted by Gasteiger charge is 2.07. The van der Waals surface area contributed by atoms with Crippen molar-refractivity contribution >= 4 is 10.8 Å². The van der Waals surface area contributed by atoms with Crippen LogP contribution in [0.4, 0.5) is 0 Å². The van der Waals surface area contributed by atoms with Gasteiger partial charge in [0.05, 0.1) is 0 Å². The molecule has 4 rings (SSSR count). The van der Waals surface area contributed by atoms with E-state index in [-0.39, 0.29) is 0 Å². The van der Waals surface area contributed by atoms with Crippen LogP contribution in [0.2, 0.25) is 0 Å². The van der Waals surface area contributed by atoms with Crippen LogP contribution in [0.5, 0.6) is 0 Å². The molecule has 0 aliphatic heterocycles. The standard InChI is InChI=1S/C29H22/c1-21-8-12-24(13-9-21)16-18-26-20-23(3)27(29-7-5-4-6-28(26)29)19-17-25-14-10-22(2)11-15-25/h4-15,20H,1-3H3. The predicted octanol–water partition coefficient (Wildman–Crippen LogP) is 6.56. The van der Waals surface area contributed by atoms with Crippen LogP contribution >= 0.6 is 0 Å². The van der Waals surface area contributed by atoms with Gasteiger partial charge in [0, 0.05) is 22.3 Å². The molecule has 0 spiro atoms. The Balaban J connectivity index is 1.80. The van der Waals surface area contributed by atoms with E-state index in [2.05, 4.69) is 123 Å². The summed E-state index contributed by atoms with van der Waals surface area (Å²) in [5.41, 5.74) is 7.81. The van der Waals surface area contributed by atoms with E-state index < -0.39 is 0 Å². The molecule has 0 unspecified atom stereocenters. The highest BCUT2D eigenvalue weighted by Crippen LogP contribution is 2.25. The molecule has 0 saturated carbocycles. The Kier molecular flexibility index (Phi) is 5.20. The van der Waals surface area contributed by atoms with Crippen molar-refractivity contribution in [1.29, 1.82) is 0 Å². The molecule has 0 aliphatic rings. The van der Waals surface area contributed by atoms with Crippen LogP contribution in [-0.2, 0) is 0 Å². The molecule has 0 heteroatoms. The van der Waals surface area contributed by atoms with Crippen molar-refractivity contribution < 1.29 is 0 Å². The lowest BCUT2D eigenvalue weighted by Crippen LogP contribution is -1.90. The van der Waals surface area contributed by atoms with E-state index in [1.54, 1.807) is 0 Å². The fourth-order valence-electron chi connectivity index (χ4n) is 3.33. The molecule has 0 saturated heterocycles. The lowest BCUT2D eigenvalue weighted by Gasteiger charge is -2.07. The zero-order valence-corrected chi connectivity index (χ0v) is 17.0. The van der Waals surface area contributed by atoms with E-state index in [4.69, 9.17) is 0 Å². The number of benzene rings is 4. The maximum atomic E-state index is 3.40. The van der Waals surface area contributed by atoms with Crippen molar-refractivity contribution in [3.63, 3.8) is 0 Å². The van der Waals surface area contributed by atoms with Crippen LogP contribution in [0.15, 0.2) is 78.9 Å². The van der Waals surface area contributed by atoms with Gasteiger partial charge in [-0.3, -0.25) is 0 Å². The van der Waals surface area contributed by atoms with Crippen molar-refractivity contribution in [2.24, 2.45) is 0 Å². The largest absolute Gasteiger partial charge is 0.0616 e. The molecule has 0 aliphatic carbocycles. The summed E-state index contributed by atoms with van der Waals surface area (Å²) >= 11 is 0. The van der Waals surface area contributed by atoms with E-state index in [1.165, 1.54) is 11.1 Å². The maximum absolute atomic E-state index is 3.40. The number of aryl methyl sites for hydroxylation is 3. The summed E-state index contributed by atoms with van der Waals surface area (Å²) in [4.78, 5) is 0. The van der Waals surface area contributed by atoms with Crippen LogP contribution in [-0.4, -0.2) is 0 Å². The number of hydrogen-bond donors (Lipinski definition) is 0. The van der Waals surface area contributed by atoms with Crippen LogP contribution in [0.3, 0.4) is 0 Å². The number of fused-ring (bicyclic) bond motifs is 1. The molecule has 0 bridgehead atoms. The maximum Gasteiger partial charge on any atom is 0.0357 e. The van der Waals surface area contributed by atoms with Gasteiger partial charge in [0.1, 0.15) is 0 Å². The lowest BCUT2D eigenvalue weighted by atomic mass is 9.95. The molecule has 0 aromatic heterocycles. The number of hydrogen-bond acceptors (Lipinski definition) is 0. The van der Waals surface area contributed by atoms with Gasteiger partial charge < -0.3 is 0 Å². The fraction of sp³-hybridized carbons (Fsp3) is 0.103. The Morgan fingerprint density at radius 3 is 1.62 bits per heavy atom. The van der Waals surface area contributed by atoms with Gasteiger partial charge in [-0.05, 0) is 67.4 Å². The van der Waals surface area contributed by atoms with Gasteiger partial charge in [0.2, 0.25) is 0 Å². The molecule has 0 N–H and O–H groups in total. The minimum atomic E-state index is 1.03. The second kappa shape index (κ2) is 8.10. The molecule has 4 aromatic carbocycles. The minimum Gasteiger partial charge on any atom is -0.0616 e. The molecule has 4 aromatic rings. The summed E-state index contributed by atoms with van der Waals surface area (Å²) < 4.78 is 0. The smallest absolute Gasteiger partial charge is 0.0357 e. The second-order valence-electron chi connectivity index (χ2n) is 7.39. The first-order chi connectivity index (χ1) is 14.1. The molecular formula is C29H22. The van der Waals surface area contributed by atoms with Gasteiger partial charge in [-0.25, -0.2) is 0 Å². The summed E-state index contributed by atoms with van der Waals surface area (Å²) in [5, 5.41) is 2.30. The molecule has 0 fully saturated rings. The zero-order valence-electron chi connectivity index (χ0n) is 17.0. The van der Waals surface area contributed by atoms with Crippen molar-refractivity contribution in [1.82, 2.24) is 0 Å². The van der Waals surface area contributed by atoms with Crippen LogP contribution in [0, 0.1) is 44.5 Å². The Morgan fingerprint density at radius 1 is 0.517 bits per heavy atom. The van der Waals surface area contributed by atoms with E-state index in [0.717, 1.165) is 38.6 Å². The van der Waals surface area contributed by atoms with Crippen molar-refractivity contribution in [2.75, 3.05) is 0 Å². The van der Waals surface area contributed by atoms with Gasteiger partial charge >= 0.3 is 0 Å². The Hall–Kier alpha value is -3.74. The monoisotopic (exact) mass is 370 g/mol. The average molecular weight is 370 g/mol. The fourth-order valence-corrected chi connectivity index (χ4v) is 3.33. The van der Waals surface area contributed by atoms with E-state index in [1.807, 2.05) is 0 Å². The topological polar surface area (TPSA) is 0 Å². The first kappa shape index (κ1) is 18.6. The summed E-state index contributed by atoms with van der Waals surface area (Å²) in [7, 11) is 0. The van der Waals surface area contributed by atoms with E-state index >= 15 is 0 Å². The van der Waals surface area contributed by atoms with Gasteiger partial charge in [-0.1, -0.05) is 83.3 Å². The summed E-state index contributed by atoms with van der Waals surface area (Å²) in [5.74, 6) is 13.4. The molecule has 29 heavy (non-hydrogen) atoms. The highest BCUT2D eigenvalue weighted by molar-refractivity contribution is 5.94. The van der Waals surface area contributed by atoms with Crippen LogP contribution in [0.1, 0.15) is 38.9 Å². The van der Waals surface area contributed by atoms with E-state index in [9.17, 15) is 0 Å². The van der Waals surface area contributed by atoms with Crippen LogP contribution < -0.4 is 0 Å². The Morgan fingerprint density at radius 2 is 1.03 bits per heavy atom. The Labute approximate surface area is 173 Å². The number of rotatable bonds is 0. The lowest BCUT2D eigenvalue weighted by molar-refractivity contribution is 1.45. The van der Waals surface area contributed by atoms with E-state index in [0.29, 0.717) is 0 Å². The first-order valence-corrected chi connectivity index (χ1v) is 9.80. The molecule has 0 nitrogen and oxygen atoms in total. The minimum absolute atomic E-state index is 1.03. The van der Waals surface area contributed by atoms with Gasteiger partial charge in [-0.2, -0.15) is 0 Å². The zero-order chi connectivity index (χ0) is 20.2. The summed E-state index contributed by atoms with van der Waals surface area (Å²) in [6.45, 7) is 6.29. The molecule has 138 valence electrons. The molecule has 0 atom stereocenters. The molecule has 0 heterocycles. The second-order valence-corrected chi connectivity index (χ2v) is 7.39. The van der Waals surface area contributed by atoms with Crippen molar-refractivity contribution in [2.45, 2.75) is 20.8 Å². The SMILES string of the molecule is Cc1ccc(C#Cc2cc(C)c(C#Cc3ccc(C)cc3)c3ccccc23)cc1. The summed E-state index contributed by atoms with van der Waals surface area (Å²) in [6.07, 6.45) is 0. The molecule has 0 radical (unpaired) electrons.